The monoisotopic (exact) mass is 296 g/mol. The molecule has 0 aliphatic heterocycles. The third-order valence-corrected chi connectivity index (χ3v) is 4.23. The summed E-state index contributed by atoms with van der Waals surface area (Å²) in [6, 6.07) is 12.7. The Kier molecular flexibility index (Phi) is 3.83. The Labute approximate surface area is 117 Å². The van der Waals surface area contributed by atoms with Crippen molar-refractivity contribution in [2.24, 2.45) is 0 Å². The van der Waals surface area contributed by atoms with E-state index < -0.39 is 9.05 Å². The largest absolute Gasteiger partial charge is 0.495 e. The first-order valence-corrected chi connectivity index (χ1v) is 7.93. The van der Waals surface area contributed by atoms with E-state index in [0.717, 1.165) is 16.7 Å². The van der Waals surface area contributed by atoms with Crippen LogP contribution in [-0.4, -0.2) is 15.5 Å². The molecule has 0 N–H and O–H groups in total. The molecule has 0 bridgehead atoms. The van der Waals surface area contributed by atoms with Gasteiger partial charge < -0.3 is 4.74 Å². The molecule has 3 nitrogen and oxygen atoms in total. The van der Waals surface area contributed by atoms with Crippen molar-refractivity contribution in [1.29, 1.82) is 0 Å². The van der Waals surface area contributed by atoms with Gasteiger partial charge in [0.1, 0.15) is 10.6 Å². The van der Waals surface area contributed by atoms with E-state index in [9.17, 15) is 8.42 Å². The van der Waals surface area contributed by atoms with Gasteiger partial charge in [-0.2, -0.15) is 0 Å². The van der Waals surface area contributed by atoms with Crippen LogP contribution in [0.5, 0.6) is 5.75 Å². The zero-order chi connectivity index (χ0) is 14.0. The van der Waals surface area contributed by atoms with Crippen molar-refractivity contribution in [3.63, 3.8) is 0 Å². The highest BCUT2D eigenvalue weighted by atomic mass is 35.7. The zero-order valence-electron chi connectivity index (χ0n) is 10.6. The third kappa shape index (κ3) is 2.91. The number of halogens is 1. The molecule has 5 heteroatoms. The van der Waals surface area contributed by atoms with Crippen molar-refractivity contribution in [2.75, 3.05) is 7.11 Å². The van der Waals surface area contributed by atoms with Crippen LogP contribution in [0.15, 0.2) is 47.4 Å². The van der Waals surface area contributed by atoms with Crippen molar-refractivity contribution in [1.82, 2.24) is 0 Å². The predicted molar refractivity (Wildman–Crippen MR) is 76.2 cm³/mol. The maximum Gasteiger partial charge on any atom is 0.265 e. The minimum absolute atomic E-state index is 0.0163. The molecule has 0 heterocycles. The SMILES string of the molecule is COc1ccc(-c2ccccc2C)cc1S(=O)(=O)Cl. The lowest BCUT2D eigenvalue weighted by molar-refractivity contribution is 0.403. The maximum atomic E-state index is 11.6. The van der Waals surface area contributed by atoms with Gasteiger partial charge in [0, 0.05) is 10.7 Å². The number of ether oxygens (including phenoxy) is 1. The van der Waals surface area contributed by atoms with Crippen LogP contribution in [0.3, 0.4) is 0 Å². The van der Waals surface area contributed by atoms with Crippen LogP contribution in [0, 0.1) is 6.92 Å². The molecule has 0 atom stereocenters. The molecule has 19 heavy (non-hydrogen) atoms. The molecule has 0 spiro atoms. The van der Waals surface area contributed by atoms with E-state index in [1.54, 1.807) is 6.07 Å². The highest BCUT2D eigenvalue weighted by Crippen LogP contribution is 2.32. The quantitative estimate of drug-likeness (QED) is 0.813. The van der Waals surface area contributed by atoms with Gasteiger partial charge in [-0.3, -0.25) is 0 Å². The second kappa shape index (κ2) is 5.23. The summed E-state index contributed by atoms with van der Waals surface area (Å²) in [6.45, 7) is 1.97. The van der Waals surface area contributed by atoms with E-state index in [1.807, 2.05) is 37.3 Å². The first kappa shape index (κ1) is 13.9. The molecular weight excluding hydrogens is 284 g/mol. The van der Waals surface area contributed by atoms with Crippen molar-refractivity contribution < 1.29 is 13.2 Å². The summed E-state index contributed by atoms with van der Waals surface area (Å²) in [5.41, 5.74) is 2.82. The van der Waals surface area contributed by atoms with Crippen LogP contribution < -0.4 is 4.74 Å². The van der Waals surface area contributed by atoms with Gasteiger partial charge >= 0.3 is 0 Å². The molecule has 0 amide bonds. The predicted octanol–water partition coefficient (Wildman–Crippen LogP) is 3.60. The van der Waals surface area contributed by atoms with Crippen molar-refractivity contribution >= 4 is 19.7 Å². The smallest absolute Gasteiger partial charge is 0.265 e. The Hall–Kier alpha value is -1.52. The molecule has 2 rings (SSSR count). The summed E-state index contributed by atoms with van der Waals surface area (Å²) in [6.07, 6.45) is 0. The highest BCUT2D eigenvalue weighted by Gasteiger charge is 2.18. The number of methoxy groups -OCH3 is 1. The second-order valence-electron chi connectivity index (χ2n) is 4.12. The molecule has 100 valence electrons. The summed E-state index contributed by atoms with van der Waals surface area (Å²) in [4.78, 5) is -0.0163. The molecule has 0 radical (unpaired) electrons. The molecule has 0 aliphatic carbocycles. The highest BCUT2D eigenvalue weighted by molar-refractivity contribution is 8.13. The van der Waals surface area contributed by atoms with Crippen molar-refractivity contribution in [3.05, 3.63) is 48.0 Å². The first-order valence-electron chi connectivity index (χ1n) is 5.62. The van der Waals surface area contributed by atoms with Gasteiger partial charge in [-0.15, -0.1) is 0 Å². The standard InChI is InChI=1S/C14H13ClO3S/c1-10-5-3-4-6-12(10)11-7-8-13(18-2)14(9-11)19(15,16)17/h3-9H,1-2H3. The van der Waals surface area contributed by atoms with Gasteiger partial charge in [0.15, 0.2) is 0 Å². The number of hydrogen-bond acceptors (Lipinski definition) is 3. The lowest BCUT2D eigenvalue weighted by Gasteiger charge is -2.10. The van der Waals surface area contributed by atoms with Crippen LogP contribution >= 0.6 is 10.7 Å². The Morgan fingerprint density at radius 3 is 2.37 bits per heavy atom. The number of benzene rings is 2. The van der Waals surface area contributed by atoms with Gasteiger partial charge in [-0.05, 0) is 35.7 Å². The summed E-state index contributed by atoms with van der Waals surface area (Å²) < 4.78 is 28.2. The van der Waals surface area contributed by atoms with Gasteiger partial charge in [0.05, 0.1) is 7.11 Å². The van der Waals surface area contributed by atoms with E-state index in [4.69, 9.17) is 15.4 Å². The average Bonchev–Trinajstić information content (AvgIpc) is 2.37. The van der Waals surface area contributed by atoms with Crippen LogP contribution in [0.25, 0.3) is 11.1 Å². The molecule has 2 aromatic carbocycles. The normalized spacial score (nSPS) is 11.3. The van der Waals surface area contributed by atoms with E-state index in [-0.39, 0.29) is 10.6 Å². The van der Waals surface area contributed by atoms with Crippen LogP contribution in [0.2, 0.25) is 0 Å². The van der Waals surface area contributed by atoms with E-state index in [2.05, 4.69) is 0 Å². The van der Waals surface area contributed by atoms with Gasteiger partial charge in [0.2, 0.25) is 0 Å². The fraction of sp³-hybridized carbons (Fsp3) is 0.143. The molecular formula is C14H13ClO3S. The molecule has 0 fully saturated rings. The first-order chi connectivity index (χ1) is 8.93. The molecule has 0 unspecified atom stereocenters. The fourth-order valence-electron chi connectivity index (χ4n) is 1.93. The van der Waals surface area contributed by atoms with Crippen LogP contribution in [0.1, 0.15) is 5.56 Å². The molecule has 0 aromatic heterocycles. The minimum atomic E-state index is -3.84. The third-order valence-electron chi connectivity index (χ3n) is 2.88. The average molecular weight is 297 g/mol. The molecule has 0 aliphatic rings. The Bertz CT molecular complexity index is 708. The van der Waals surface area contributed by atoms with Gasteiger partial charge in [-0.25, -0.2) is 8.42 Å². The molecule has 0 saturated heterocycles. The molecule has 0 saturated carbocycles. The summed E-state index contributed by atoms with van der Waals surface area (Å²) in [7, 11) is 3.00. The van der Waals surface area contributed by atoms with Crippen LogP contribution in [-0.2, 0) is 9.05 Å². The lowest BCUT2D eigenvalue weighted by Crippen LogP contribution is -1.97. The van der Waals surface area contributed by atoms with Crippen molar-refractivity contribution in [2.45, 2.75) is 11.8 Å². The topological polar surface area (TPSA) is 43.4 Å². The second-order valence-corrected chi connectivity index (χ2v) is 6.65. The fourth-order valence-corrected chi connectivity index (χ4v) is 2.95. The Morgan fingerprint density at radius 2 is 1.79 bits per heavy atom. The minimum Gasteiger partial charge on any atom is -0.495 e. The zero-order valence-corrected chi connectivity index (χ0v) is 12.1. The van der Waals surface area contributed by atoms with Crippen molar-refractivity contribution in [3.8, 4) is 16.9 Å². The summed E-state index contributed by atoms with van der Waals surface area (Å²) in [5.74, 6) is 0.243. The number of rotatable bonds is 3. The lowest BCUT2D eigenvalue weighted by atomic mass is 10.0. The summed E-state index contributed by atoms with van der Waals surface area (Å²) in [5, 5.41) is 0. The molecule has 2 aromatic rings. The van der Waals surface area contributed by atoms with E-state index in [1.165, 1.54) is 13.2 Å². The Morgan fingerprint density at radius 1 is 1.11 bits per heavy atom. The van der Waals surface area contributed by atoms with E-state index >= 15 is 0 Å². The number of hydrogen-bond donors (Lipinski definition) is 0. The number of aryl methyl sites for hydroxylation is 1. The van der Waals surface area contributed by atoms with E-state index in [0.29, 0.717) is 0 Å². The maximum absolute atomic E-state index is 11.6. The van der Waals surface area contributed by atoms with Gasteiger partial charge in [-0.1, -0.05) is 30.3 Å². The Balaban J connectivity index is 2.66. The van der Waals surface area contributed by atoms with Gasteiger partial charge in [0.25, 0.3) is 9.05 Å². The van der Waals surface area contributed by atoms with Crippen LogP contribution in [0.4, 0.5) is 0 Å². The summed E-state index contributed by atoms with van der Waals surface area (Å²) >= 11 is 0.